The number of ether oxygens (including phenoxy) is 1. The van der Waals surface area contributed by atoms with Crippen LogP contribution in [0.2, 0.25) is 0 Å². The predicted octanol–water partition coefficient (Wildman–Crippen LogP) is 3.72. The van der Waals surface area contributed by atoms with Crippen LogP contribution in [0.5, 0.6) is 5.75 Å². The van der Waals surface area contributed by atoms with E-state index in [0.29, 0.717) is 12.2 Å². The van der Waals surface area contributed by atoms with Crippen LogP contribution in [0.4, 0.5) is 5.69 Å². The molecule has 0 saturated heterocycles. The smallest absolute Gasteiger partial charge is 0.255 e. The second kappa shape index (κ2) is 6.88. The summed E-state index contributed by atoms with van der Waals surface area (Å²) in [6.07, 6.45) is 2.37. The van der Waals surface area contributed by atoms with Gasteiger partial charge < -0.3 is 15.0 Å². The van der Waals surface area contributed by atoms with Crippen molar-refractivity contribution < 1.29 is 9.53 Å². The average molecular weight is 429 g/mol. The van der Waals surface area contributed by atoms with E-state index < -0.39 is 0 Å². The molecule has 1 atom stereocenters. The molecule has 0 radical (unpaired) electrons. The molecule has 1 aliphatic heterocycles. The van der Waals surface area contributed by atoms with Crippen LogP contribution in [0, 0.1) is 6.92 Å². The zero-order chi connectivity index (χ0) is 19.1. The lowest BCUT2D eigenvalue weighted by atomic mass is 10.00. The number of hydrogen-bond acceptors (Lipinski definition) is 4. The molecular formula is C20H21BrN4O2. The van der Waals surface area contributed by atoms with E-state index in [-0.39, 0.29) is 11.9 Å². The average Bonchev–Trinajstić information content (AvgIpc) is 2.95. The van der Waals surface area contributed by atoms with E-state index in [1.165, 1.54) is 0 Å². The molecule has 2 aromatic heterocycles. The third-order valence-electron chi connectivity index (χ3n) is 4.85. The lowest BCUT2D eigenvalue weighted by Gasteiger charge is -2.27. The molecule has 0 saturated carbocycles. The molecule has 6 nitrogen and oxygen atoms in total. The number of para-hydroxylation sites is 1. The molecule has 1 aliphatic rings. The molecule has 0 spiro atoms. The van der Waals surface area contributed by atoms with Crippen molar-refractivity contribution in [3.63, 3.8) is 0 Å². The number of carbonyl (C=O) groups excluding carboxylic acids is 1. The maximum atomic E-state index is 13.1. The van der Waals surface area contributed by atoms with Gasteiger partial charge in [0.05, 0.1) is 35.6 Å². The largest absolute Gasteiger partial charge is 0.493 e. The highest BCUT2D eigenvalue weighted by atomic mass is 79.9. The number of fused-ring (bicyclic) bond motifs is 2. The Labute approximate surface area is 166 Å². The highest BCUT2D eigenvalue weighted by Crippen LogP contribution is 2.33. The molecule has 0 aliphatic carbocycles. The Morgan fingerprint density at radius 2 is 2.15 bits per heavy atom. The van der Waals surface area contributed by atoms with Crippen LogP contribution in [0.1, 0.15) is 33.9 Å². The van der Waals surface area contributed by atoms with Crippen LogP contribution in [-0.4, -0.2) is 36.2 Å². The first-order chi connectivity index (χ1) is 13.0. The Morgan fingerprint density at radius 3 is 2.93 bits per heavy atom. The Bertz CT molecular complexity index is 1030. The summed E-state index contributed by atoms with van der Waals surface area (Å²) in [7, 11) is 3.87. The number of halogens is 1. The van der Waals surface area contributed by atoms with Crippen molar-refractivity contribution in [3.8, 4) is 5.75 Å². The lowest BCUT2D eigenvalue weighted by molar-refractivity contribution is 0.0925. The number of carbonyl (C=O) groups is 1. The zero-order valence-corrected chi connectivity index (χ0v) is 17.1. The van der Waals surface area contributed by atoms with Crippen molar-refractivity contribution >= 4 is 33.0 Å². The molecule has 140 valence electrons. The molecule has 1 N–H and O–H groups in total. The minimum Gasteiger partial charge on any atom is -0.493 e. The Balaban J connectivity index is 1.73. The van der Waals surface area contributed by atoms with Crippen LogP contribution in [0.3, 0.4) is 0 Å². The van der Waals surface area contributed by atoms with Gasteiger partial charge in [-0.05, 0) is 40.5 Å². The minimum atomic E-state index is -0.134. The van der Waals surface area contributed by atoms with Crippen LogP contribution < -0.4 is 15.0 Å². The van der Waals surface area contributed by atoms with Crippen molar-refractivity contribution in [1.29, 1.82) is 0 Å². The molecule has 0 unspecified atom stereocenters. The number of anilines is 1. The van der Waals surface area contributed by atoms with E-state index >= 15 is 0 Å². The van der Waals surface area contributed by atoms with Gasteiger partial charge in [-0.15, -0.1) is 0 Å². The summed E-state index contributed by atoms with van der Waals surface area (Å²) in [6, 6.07) is 9.81. The topological polar surface area (TPSA) is 58.9 Å². The van der Waals surface area contributed by atoms with E-state index in [4.69, 9.17) is 4.74 Å². The highest BCUT2D eigenvalue weighted by Gasteiger charge is 2.26. The van der Waals surface area contributed by atoms with E-state index in [2.05, 4.69) is 26.3 Å². The molecule has 0 fully saturated rings. The number of nitrogens with zero attached hydrogens (tertiary/aromatic N) is 3. The summed E-state index contributed by atoms with van der Waals surface area (Å²) in [4.78, 5) is 15.1. The van der Waals surface area contributed by atoms with Crippen LogP contribution in [-0.2, 0) is 0 Å². The zero-order valence-electron chi connectivity index (χ0n) is 15.5. The summed E-state index contributed by atoms with van der Waals surface area (Å²) in [6.45, 7) is 2.60. The molecule has 27 heavy (non-hydrogen) atoms. The van der Waals surface area contributed by atoms with Gasteiger partial charge in [0.25, 0.3) is 5.91 Å². The van der Waals surface area contributed by atoms with Gasteiger partial charge in [-0.3, -0.25) is 4.79 Å². The molecule has 1 amide bonds. The van der Waals surface area contributed by atoms with Crippen LogP contribution in [0.25, 0.3) is 5.52 Å². The van der Waals surface area contributed by atoms with Gasteiger partial charge in [-0.1, -0.05) is 18.2 Å². The number of rotatable bonds is 3. The van der Waals surface area contributed by atoms with Crippen molar-refractivity contribution in [2.24, 2.45) is 0 Å². The number of benzene rings is 1. The van der Waals surface area contributed by atoms with Crippen LogP contribution in [0.15, 0.2) is 41.1 Å². The molecule has 7 heteroatoms. The van der Waals surface area contributed by atoms with Gasteiger partial charge in [-0.25, -0.2) is 4.52 Å². The first-order valence-electron chi connectivity index (χ1n) is 8.84. The normalized spacial score (nSPS) is 15.9. The predicted molar refractivity (Wildman–Crippen MR) is 109 cm³/mol. The van der Waals surface area contributed by atoms with E-state index in [1.807, 2.05) is 60.8 Å². The van der Waals surface area contributed by atoms with Crippen molar-refractivity contribution in [3.05, 3.63) is 57.8 Å². The van der Waals surface area contributed by atoms with Crippen molar-refractivity contribution in [2.75, 3.05) is 25.6 Å². The molecule has 3 heterocycles. The summed E-state index contributed by atoms with van der Waals surface area (Å²) < 4.78 is 8.40. The van der Waals surface area contributed by atoms with Gasteiger partial charge in [0.1, 0.15) is 10.4 Å². The molecule has 1 aromatic carbocycles. The Morgan fingerprint density at radius 1 is 1.37 bits per heavy atom. The van der Waals surface area contributed by atoms with E-state index in [1.54, 1.807) is 6.20 Å². The Hall–Kier alpha value is -2.54. The van der Waals surface area contributed by atoms with Gasteiger partial charge in [-0.2, -0.15) is 5.10 Å². The van der Waals surface area contributed by atoms with Gasteiger partial charge in [0.2, 0.25) is 0 Å². The third-order valence-corrected chi connectivity index (χ3v) is 5.81. The maximum absolute atomic E-state index is 13.1. The Kier molecular flexibility index (Phi) is 4.55. The van der Waals surface area contributed by atoms with Crippen molar-refractivity contribution in [1.82, 2.24) is 14.9 Å². The molecule has 3 aromatic rings. The fourth-order valence-electron chi connectivity index (χ4n) is 3.56. The van der Waals surface area contributed by atoms with E-state index in [9.17, 15) is 4.79 Å². The first kappa shape index (κ1) is 17.9. The number of nitrogens with one attached hydrogen (secondary N) is 1. The second-order valence-corrected chi connectivity index (χ2v) is 7.67. The van der Waals surface area contributed by atoms with Gasteiger partial charge in [0, 0.05) is 26.1 Å². The van der Waals surface area contributed by atoms with Gasteiger partial charge in [0.15, 0.2) is 0 Å². The highest BCUT2D eigenvalue weighted by molar-refractivity contribution is 9.10. The van der Waals surface area contributed by atoms with E-state index in [0.717, 1.165) is 39.1 Å². The second-order valence-electron chi connectivity index (χ2n) is 6.92. The molecule has 4 rings (SSSR count). The maximum Gasteiger partial charge on any atom is 0.255 e. The first-order valence-corrected chi connectivity index (χ1v) is 9.63. The fraction of sp³-hybridized carbons (Fsp3) is 0.300. The van der Waals surface area contributed by atoms with Crippen molar-refractivity contribution in [2.45, 2.75) is 19.4 Å². The standard InChI is InChI=1S/C20H21BrN4O2/c1-12-10-16-18(24(2)3)14(11-22-25(16)19(12)21)20(26)23-15-8-9-27-17-7-5-4-6-13(15)17/h4-7,10-11,15H,8-9H2,1-3H3,(H,23,26)/t15-/m0/s1. The monoisotopic (exact) mass is 428 g/mol. The lowest BCUT2D eigenvalue weighted by Crippen LogP contribution is -2.33. The van der Waals surface area contributed by atoms with Gasteiger partial charge >= 0.3 is 0 Å². The number of hydrogen-bond donors (Lipinski definition) is 1. The number of aryl methyl sites for hydroxylation is 1. The fourth-order valence-corrected chi connectivity index (χ4v) is 3.96. The molecule has 0 bridgehead atoms. The minimum absolute atomic E-state index is 0.0750. The SMILES string of the molecule is Cc1cc2c(N(C)C)c(C(=O)N[C@H]3CCOc4ccccc43)cnn2c1Br. The summed E-state index contributed by atoms with van der Waals surface area (Å²) in [5.41, 5.74) is 4.38. The molecular weight excluding hydrogens is 408 g/mol. The summed E-state index contributed by atoms with van der Waals surface area (Å²) in [5.74, 6) is 0.701. The summed E-state index contributed by atoms with van der Waals surface area (Å²) >= 11 is 3.56. The number of aromatic nitrogens is 2. The quantitative estimate of drug-likeness (QED) is 0.690. The third kappa shape index (κ3) is 3.06. The summed E-state index contributed by atoms with van der Waals surface area (Å²) in [5, 5.41) is 7.63. The number of amides is 1. The van der Waals surface area contributed by atoms with Crippen LogP contribution >= 0.6 is 15.9 Å².